The number of anilines is 2. The molecule has 1 aliphatic heterocycles. The van der Waals surface area contributed by atoms with Crippen LogP contribution in [0.3, 0.4) is 0 Å². The number of amides is 1. The van der Waals surface area contributed by atoms with E-state index in [0.29, 0.717) is 30.4 Å². The largest absolute Gasteiger partial charge is 0.393 e. The number of benzene rings is 1. The molecule has 2 N–H and O–H groups in total. The van der Waals surface area contributed by atoms with E-state index in [0.717, 1.165) is 18.5 Å². The fraction of sp³-hybridized carbons (Fsp3) is 0.389. The van der Waals surface area contributed by atoms with E-state index in [1.807, 2.05) is 36.1 Å². The van der Waals surface area contributed by atoms with E-state index in [1.54, 1.807) is 18.6 Å². The van der Waals surface area contributed by atoms with Crippen molar-refractivity contribution >= 4 is 17.4 Å². The molecule has 1 aromatic heterocycles. The van der Waals surface area contributed by atoms with Crippen molar-refractivity contribution in [3.8, 4) is 0 Å². The monoisotopic (exact) mass is 326 g/mol. The highest BCUT2D eigenvalue weighted by Crippen LogP contribution is 2.23. The van der Waals surface area contributed by atoms with E-state index in [1.165, 1.54) is 0 Å². The molecule has 1 amide bonds. The van der Waals surface area contributed by atoms with E-state index >= 15 is 0 Å². The Balaban J connectivity index is 1.66. The van der Waals surface area contributed by atoms with Crippen LogP contribution >= 0.6 is 0 Å². The number of likely N-dealkylation sites (tertiary alicyclic amines) is 1. The highest BCUT2D eigenvalue weighted by Gasteiger charge is 2.26. The average Bonchev–Trinajstić information content (AvgIpc) is 2.62. The van der Waals surface area contributed by atoms with Gasteiger partial charge < -0.3 is 15.3 Å². The van der Waals surface area contributed by atoms with Crippen molar-refractivity contribution < 1.29 is 9.90 Å². The molecule has 6 nitrogen and oxygen atoms in total. The molecule has 2 heterocycles. The van der Waals surface area contributed by atoms with Crippen molar-refractivity contribution in [3.63, 3.8) is 0 Å². The second-order valence-electron chi connectivity index (χ2n) is 6.17. The summed E-state index contributed by atoms with van der Waals surface area (Å²) < 4.78 is 0. The van der Waals surface area contributed by atoms with Gasteiger partial charge in [0.2, 0.25) is 0 Å². The Bertz CT molecular complexity index is 682. The lowest BCUT2D eigenvalue weighted by Gasteiger charge is -2.33. The molecule has 1 saturated heterocycles. The number of piperidine rings is 1. The number of nitrogens with one attached hydrogen (secondary N) is 1. The van der Waals surface area contributed by atoms with Gasteiger partial charge in [0.1, 0.15) is 5.82 Å². The molecular weight excluding hydrogens is 304 g/mol. The summed E-state index contributed by atoms with van der Waals surface area (Å²) in [5.41, 5.74) is 1.46. The second-order valence-corrected chi connectivity index (χ2v) is 6.17. The van der Waals surface area contributed by atoms with Gasteiger partial charge in [0.25, 0.3) is 5.91 Å². The summed E-state index contributed by atoms with van der Waals surface area (Å²) in [6.07, 6.45) is 6.25. The van der Waals surface area contributed by atoms with Crippen molar-refractivity contribution in [2.45, 2.75) is 25.9 Å². The maximum atomic E-state index is 12.7. The summed E-state index contributed by atoms with van der Waals surface area (Å²) in [5.74, 6) is 0.959. The van der Waals surface area contributed by atoms with Gasteiger partial charge >= 0.3 is 0 Å². The van der Waals surface area contributed by atoms with E-state index < -0.39 is 0 Å². The summed E-state index contributed by atoms with van der Waals surface area (Å²) >= 11 is 0. The SMILES string of the molecule is CC(O)C1CCN(C(=O)c2cccc(Nc3cnccn3)c2)CC1. The number of carbonyl (C=O) groups is 1. The van der Waals surface area contributed by atoms with Gasteiger partial charge in [-0.1, -0.05) is 6.07 Å². The van der Waals surface area contributed by atoms with Crippen molar-refractivity contribution in [1.29, 1.82) is 0 Å². The average molecular weight is 326 g/mol. The zero-order valence-corrected chi connectivity index (χ0v) is 13.7. The number of aliphatic hydroxyl groups excluding tert-OH is 1. The molecule has 24 heavy (non-hydrogen) atoms. The third kappa shape index (κ3) is 3.89. The Morgan fingerprint density at radius 3 is 2.79 bits per heavy atom. The number of hydrogen-bond acceptors (Lipinski definition) is 5. The molecule has 1 atom stereocenters. The number of hydrogen-bond donors (Lipinski definition) is 2. The second kappa shape index (κ2) is 7.40. The van der Waals surface area contributed by atoms with Crippen molar-refractivity contribution in [1.82, 2.24) is 14.9 Å². The fourth-order valence-electron chi connectivity index (χ4n) is 3.01. The predicted molar refractivity (Wildman–Crippen MR) is 92.1 cm³/mol. The molecule has 1 unspecified atom stereocenters. The molecule has 6 heteroatoms. The first-order valence-electron chi connectivity index (χ1n) is 8.24. The predicted octanol–water partition coefficient (Wildman–Crippen LogP) is 2.45. The fourth-order valence-corrected chi connectivity index (χ4v) is 3.01. The number of aromatic nitrogens is 2. The molecule has 1 aliphatic rings. The van der Waals surface area contributed by atoms with Gasteiger partial charge in [0, 0.05) is 36.7 Å². The molecule has 3 rings (SSSR count). The summed E-state index contributed by atoms with van der Waals surface area (Å²) in [4.78, 5) is 22.7. The first-order valence-corrected chi connectivity index (χ1v) is 8.24. The van der Waals surface area contributed by atoms with Crippen LogP contribution in [0.2, 0.25) is 0 Å². The first-order chi connectivity index (χ1) is 11.6. The van der Waals surface area contributed by atoms with Crippen LogP contribution in [-0.4, -0.2) is 45.1 Å². The van der Waals surface area contributed by atoms with Crippen molar-refractivity contribution in [2.24, 2.45) is 5.92 Å². The Hall–Kier alpha value is -2.47. The Morgan fingerprint density at radius 2 is 2.12 bits per heavy atom. The summed E-state index contributed by atoms with van der Waals surface area (Å²) in [5, 5.41) is 12.8. The van der Waals surface area contributed by atoms with Gasteiger partial charge in [0.05, 0.1) is 12.3 Å². The molecular formula is C18H22N4O2. The first kappa shape index (κ1) is 16.4. The molecule has 0 radical (unpaired) electrons. The van der Waals surface area contributed by atoms with E-state index in [2.05, 4.69) is 15.3 Å². The molecule has 0 saturated carbocycles. The van der Waals surface area contributed by atoms with Crippen LogP contribution < -0.4 is 5.32 Å². The zero-order chi connectivity index (χ0) is 16.9. The smallest absolute Gasteiger partial charge is 0.253 e. The topological polar surface area (TPSA) is 78.4 Å². The molecule has 1 aromatic carbocycles. The minimum Gasteiger partial charge on any atom is -0.393 e. The van der Waals surface area contributed by atoms with Crippen LogP contribution in [0.15, 0.2) is 42.9 Å². The lowest BCUT2D eigenvalue weighted by atomic mass is 9.92. The summed E-state index contributed by atoms with van der Waals surface area (Å²) in [6.45, 7) is 3.20. The number of aliphatic hydroxyl groups is 1. The number of carbonyl (C=O) groups excluding carboxylic acids is 1. The molecule has 1 fully saturated rings. The van der Waals surface area contributed by atoms with Gasteiger partial charge in [-0.3, -0.25) is 9.78 Å². The quantitative estimate of drug-likeness (QED) is 0.902. The minimum absolute atomic E-state index is 0.0295. The molecule has 126 valence electrons. The van der Waals surface area contributed by atoms with E-state index in [9.17, 15) is 9.90 Å². The molecule has 2 aromatic rings. The third-order valence-electron chi connectivity index (χ3n) is 4.45. The van der Waals surface area contributed by atoms with Crippen LogP contribution in [0.5, 0.6) is 0 Å². The van der Waals surface area contributed by atoms with Crippen LogP contribution in [0.25, 0.3) is 0 Å². The van der Waals surface area contributed by atoms with Crippen LogP contribution in [0.1, 0.15) is 30.1 Å². The third-order valence-corrected chi connectivity index (χ3v) is 4.45. The van der Waals surface area contributed by atoms with E-state index in [-0.39, 0.29) is 12.0 Å². The Morgan fingerprint density at radius 1 is 1.33 bits per heavy atom. The van der Waals surface area contributed by atoms with Crippen molar-refractivity contribution in [3.05, 3.63) is 48.4 Å². The van der Waals surface area contributed by atoms with Gasteiger partial charge in [-0.15, -0.1) is 0 Å². The van der Waals surface area contributed by atoms with Gasteiger partial charge in [0.15, 0.2) is 0 Å². The Labute approximate surface area is 141 Å². The molecule has 0 bridgehead atoms. The number of rotatable bonds is 4. The zero-order valence-electron chi connectivity index (χ0n) is 13.7. The number of nitrogens with zero attached hydrogens (tertiary/aromatic N) is 3. The molecule has 0 aliphatic carbocycles. The minimum atomic E-state index is -0.304. The van der Waals surface area contributed by atoms with Gasteiger partial charge in [-0.2, -0.15) is 0 Å². The molecule has 0 spiro atoms. The normalized spacial score (nSPS) is 16.7. The maximum Gasteiger partial charge on any atom is 0.253 e. The summed E-state index contributed by atoms with van der Waals surface area (Å²) in [6, 6.07) is 7.41. The van der Waals surface area contributed by atoms with Crippen LogP contribution in [-0.2, 0) is 0 Å². The van der Waals surface area contributed by atoms with Crippen molar-refractivity contribution in [2.75, 3.05) is 18.4 Å². The standard InChI is InChI=1S/C18H22N4O2/c1-13(23)14-5-9-22(10-6-14)18(24)15-3-2-4-16(11-15)21-17-12-19-7-8-20-17/h2-4,7-8,11-14,23H,5-6,9-10H2,1H3,(H,20,21). The van der Waals surface area contributed by atoms with Gasteiger partial charge in [-0.25, -0.2) is 4.98 Å². The maximum absolute atomic E-state index is 12.7. The highest BCUT2D eigenvalue weighted by atomic mass is 16.3. The summed E-state index contributed by atoms with van der Waals surface area (Å²) in [7, 11) is 0. The Kier molecular flexibility index (Phi) is 5.05. The highest BCUT2D eigenvalue weighted by molar-refractivity contribution is 5.95. The lowest BCUT2D eigenvalue weighted by molar-refractivity contribution is 0.0521. The van der Waals surface area contributed by atoms with Gasteiger partial charge in [-0.05, 0) is 43.9 Å². The van der Waals surface area contributed by atoms with E-state index in [4.69, 9.17) is 0 Å². The van der Waals surface area contributed by atoms with Crippen LogP contribution in [0, 0.1) is 5.92 Å². The van der Waals surface area contributed by atoms with Crippen LogP contribution in [0.4, 0.5) is 11.5 Å². The lowest BCUT2D eigenvalue weighted by Crippen LogP contribution is -2.40.